The van der Waals surface area contributed by atoms with Crippen molar-refractivity contribution in [2.75, 3.05) is 171 Å². The van der Waals surface area contributed by atoms with Crippen LogP contribution in [0.15, 0.2) is 310 Å². The number of rotatable bonds is 24. The van der Waals surface area contributed by atoms with Crippen molar-refractivity contribution in [3.8, 4) is 45.0 Å². The molecule has 4 aliphatic heterocycles. The number of methoxy groups -OCH3 is 1. The Labute approximate surface area is 837 Å². The molecule has 4 atom stereocenters. The molecular formula is C115H118BrF3N22O. The normalized spacial score (nSPS) is 17.7. The average Bonchev–Trinajstić information content (AvgIpc) is 0.878. The van der Waals surface area contributed by atoms with Crippen LogP contribution in [0, 0.1) is 17.5 Å². The molecule has 8 aliphatic rings. The SMILES string of the molecule is COCCN1CCN(CCc2ccc(Nc3ncc4c(n3)-c3ccccc3[C@H](c3cccc(Br)c3)C4)cc2)CC1.Fc1ccc(C2Cc3cnc(N4CCN(CCn5ccnc5)CC4)nc3-c3ccccc32)cc1.Fc1ccccc1C1Cc2cnc(N3CCN(CCn4cccc4)CC3)nc2-c2ccccc21.Fc1ccccc1C1Cc2cnc(N3CCN(CCn4ccnc4)CC3)nc2-c2ccccc21. The van der Waals surface area contributed by atoms with E-state index in [2.05, 4.69) is 230 Å². The van der Waals surface area contributed by atoms with Crippen molar-refractivity contribution < 1.29 is 17.9 Å². The van der Waals surface area contributed by atoms with Crippen molar-refractivity contribution in [2.24, 2.45) is 0 Å². The molecule has 9 aromatic carbocycles. The molecule has 142 heavy (non-hydrogen) atoms. The van der Waals surface area contributed by atoms with Crippen molar-refractivity contribution >= 4 is 45.4 Å². The van der Waals surface area contributed by atoms with E-state index in [-0.39, 0.29) is 41.1 Å². The third kappa shape index (κ3) is 22.1. The second-order valence-corrected chi connectivity index (χ2v) is 38.9. The summed E-state index contributed by atoms with van der Waals surface area (Å²) in [6, 6.07) is 76.2. The molecule has 1 N–H and O–H groups in total. The Kier molecular flexibility index (Phi) is 29.7. The maximum absolute atomic E-state index is 14.7. The standard InChI is InChI=1S/C33H36BrN5O.C28H28FN5.2C27H27FN6/c1-40-20-19-39-17-15-38(16-18-39)14-13-24-9-11-28(12-10-24)36-33-35-23-26-22-31(25-5-4-6-27(34)21-25)29-7-2-3-8-30(29)32(26)37-33;29-26-10-4-3-8-23(26)25-19-21-20-30-28(31-27(21)24-9-2-1-7-22(24)25)34-17-15-33(16-18-34)14-13-32-11-5-6-12-32;28-25-8-4-3-6-22(25)24-17-20-18-30-27(31-26(20)23-7-2-1-5-21(23)24)34-15-13-32(14-16-34)11-12-33-10-9-29-19-33;28-22-7-5-20(6-8-22)25-17-21-18-30-27(31-26(21)24-4-2-1-3-23(24)25)34-15-13-32(14-16-34)11-12-33-10-9-29-19-33/h2-12,21,23,31H,13-20,22H2,1H3,(H,35,36,37);1-12,20,25H,13-19H2;1-10,18-19,24H,11-17H2;1-10,18-19,25H,11-17H2/t31-;;;/m0.../s1. The number of nitrogens with one attached hydrogen (secondary N) is 1. The van der Waals surface area contributed by atoms with Gasteiger partial charge in [-0.25, -0.2) is 63.0 Å². The molecule has 0 saturated carbocycles. The van der Waals surface area contributed by atoms with Gasteiger partial charge in [0, 0.05) is 282 Å². The molecule has 0 bridgehead atoms. The number of halogens is 4. The van der Waals surface area contributed by atoms with Crippen LogP contribution in [0.1, 0.15) is 96.0 Å². The highest BCUT2D eigenvalue weighted by Crippen LogP contribution is 2.48. The van der Waals surface area contributed by atoms with E-state index >= 15 is 0 Å². The largest absolute Gasteiger partial charge is 0.383 e. The van der Waals surface area contributed by atoms with Crippen LogP contribution in [0.4, 0.5) is 42.7 Å². The number of ether oxygens (including phenoxy) is 1. The highest BCUT2D eigenvalue weighted by atomic mass is 79.9. The van der Waals surface area contributed by atoms with Crippen LogP contribution in [-0.4, -0.2) is 239 Å². The molecular weight excluding hydrogens is 1840 g/mol. The molecule has 722 valence electrons. The first-order valence-electron chi connectivity index (χ1n) is 50.0. The van der Waals surface area contributed by atoms with Gasteiger partial charge in [-0.3, -0.25) is 19.6 Å². The zero-order chi connectivity index (χ0) is 96.0. The Bertz CT molecular complexity index is 6700. The van der Waals surface area contributed by atoms with Gasteiger partial charge in [0.2, 0.25) is 23.8 Å². The predicted molar refractivity (Wildman–Crippen MR) is 558 cm³/mol. The first-order valence-corrected chi connectivity index (χ1v) is 50.8. The van der Waals surface area contributed by atoms with Gasteiger partial charge in [0.25, 0.3) is 0 Å². The molecule has 0 radical (unpaired) electrons. The molecule has 16 aromatic rings. The van der Waals surface area contributed by atoms with E-state index in [1.54, 1.807) is 43.5 Å². The lowest BCUT2D eigenvalue weighted by Gasteiger charge is -2.35. The van der Waals surface area contributed by atoms with E-state index in [1.165, 1.54) is 33.4 Å². The fourth-order valence-corrected chi connectivity index (χ4v) is 21.8. The molecule has 24 rings (SSSR count). The van der Waals surface area contributed by atoms with Gasteiger partial charge in [-0.15, -0.1) is 0 Å². The summed E-state index contributed by atoms with van der Waals surface area (Å²) in [4.78, 5) is 66.7. The number of imidazole rings is 2. The fraction of sp³-hybridized carbons (Fsp3) is 0.304. The second-order valence-electron chi connectivity index (χ2n) is 38.0. The first kappa shape index (κ1) is 94.5. The van der Waals surface area contributed by atoms with E-state index in [1.807, 2.05) is 123 Å². The number of nitrogens with zero attached hydrogens (tertiary/aromatic N) is 21. The predicted octanol–water partition coefficient (Wildman–Crippen LogP) is 18.7. The Morgan fingerprint density at radius 2 is 0.718 bits per heavy atom. The van der Waals surface area contributed by atoms with Crippen molar-refractivity contribution in [3.05, 3.63) is 399 Å². The van der Waals surface area contributed by atoms with Gasteiger partial charge < -0.3 is 43.4 Å². The van der Waals surface area contributed by atoms with E-state index in [9.17, 15) is 13.2 Å². The summed E-state index contributed by atoms with van der Waals surface area (Å²) < 4.78 is 55.6. The van der Waals surface area contributed by atoms with Crippen LogP contribution >= 0.6 is 15.9 Å². The van der Waals surface area contributed by atoms with Gasteiger partial charge in [0.1, 0.15) is 17.5 Å². The Hall–Kier alpha value is -13.8. The maximum atomic E-state index is 14.7. The third-order valence-corrected chi connectivity index (χ3v) is 29.8. The monoisotopic (exact) mass is 1960 g/mol. The number of anilines is 5. The minimum absolute atomic E-state index is 0.0248. The fourth-order valence-electron chi connectivity index (χ4n) is 21.4. The number of aromatic nitrogens is 13. The van der Waals surface area contributed by atoms with Crippen LogP contribution in [0.2, 0.25) is 0 Å². The zero-order valence-electron chi connectivity index (χ0n) is 80.2. The smallest absolute Gasteiger partial charge is 0.227 e. The van der Waals surface area contributed by atoms with Gasteiger partial charge in [0.05, 0.1) is 42.0 Å². The molecule has 23 nitrogen and oxygen atoms in total. The number of fused-ring (bicyclic) bond motifs is 12. The Balaban J connectivity index is 0.000000112. The van der Waals surface area contributed by atoms with E-state index in [0.29, 0.717) is 18.8 Å². The molecule has 27 heteroatoms. The number of benzene rings is 9. The van der Waals surface area contributed by atoms with Crippen LogP contribution < -0.4 is 20.0 Å². The lowest BCUT2D eigenvalue weighted by atomic mass is 9.78. The summed E-state index contributed by atoms with van der Waals surface area (Å²) >= 11 is 3.64. The second kappa shape index (κ2) is 44.6. The number of piperazine rings is 4. The van der Waals surface area contributed by atoms with Gasteiger partial charge >= 0.3 is 0 Å². The minimum Gasteiger partial charge on any atom is -0.383 e. The number of hydrogen-bond acceptors (Lipinski definition) is 20. The van der Waals surface area contributed by atoms with Gasteiger partial charge in [-0.05, 0) is 165 Å². The summed E-state index contributed by atoms with van der Waals surface area (Å²) in [5.41, 5.74) is 24.1. The molecule has 4 saturated heterocycles. The lowest BCUT2D eigenvalue weighted by Crippen LogP contribution is -2.47. The van der Waals surface area contributed by atoms with Gasteiger partial charge in [0.15, 0.2) is 0 Å². The van der Waals surface area contributed by atoms with Crippen LogP contribution in [0.5, 0.6) is 0 Å². The van der Waals surface area contributed by atoms with Crippen LogP contribution in [-0.2, 0) is 56.5 Å². The van der Waals surface area contributed by atoms with Crippen molar-refractivity contribution in [3.63, 3.8) is 0 Å². The molecule has 4 aliphatic carbocycles. The highest BCUT2D eigenvalue weighted by molar-refractivity contribution is 9.10. The summed E-state index contributed by atoms with van der Waals surface area (Å²) in [5, 5.41) is 3.43. The first-order chi connectivity index (χ1) is 69.9. The lowest BCUT2D eigenvalue weighted by molar-refractivity contribution is 0.0976. The molecule has 7 aromatic heterocycles. The van der Waals surface area contributed by atoms with E-state index in [4.69, 9.17) is 44.6 Å². The van der Waals surface area contributed by atoms with Crippen molar-refractivity contribution in [2.45, 2.75) is 75.4 Å². The topological polar surface area (TPSA) is 191 Å². The molecule has 11 heterocycles. The van der Waals surface area contributed by atoms with Crippen LogP contribution in [0.3, 0.4) is 0 Å². The molecule has 0 amide bonds. The average molecular weight is 1960 g/mol. The van der Waals surface area contributed by atoms with Crippen molar-refractivity contribution in [1.29, 1.82) is 0 Å². The molecule has 3 unspecified atom stereocenters. The van der Waals surface area contributed by atoms with E-state index in [0.717, 1.165) is 295 Å². The van der Waals surface area contributed by atoms with Crippen LogP contribution in [0.25, 0.3) is 45.0 Å². The zero-order valence-corrected chi connectivity index (χ0v) is 81.8. The summed E-state index contributed by atoms with van der Waals surface area (Å²) in [7, 11) is 1.77. The van der Waals surface area contributed by atoms with Gasteiger partial charge in [-0.2, -0.15) is 0 Å². The van der Waals surface area contributed by atoms with Crippen molar-refractivity contribution in [1.82, 2.24) is 88.0 Å². The Morgan fingerprint density at radius 1 is 0.338 bits per heavy atom. The van der Waals surface area contributed by atoms with E-state index < -0.39 is 0 Å². The van der Waals surface area contributed by atoms with Gasteiger partial charge in [-0.1, -0.05) is 186 Å². The summed E-state index contributed by atoms with van der Waals surface area (Å²) in [6.07, 6.45) is 27.7. The third-order valence-electron chi connectivity index (χ3n) is 29.3. The highest BCUT2D eigenvalue weighted by Gasteiger charge is 2.36. The maximum Gasteiger partial charge on any atom is 0.227 e. The Morgan fingerprint density at radius 3 is 1.15 bits per heavy atom. The summed E-state index contributed by atoms with van der Waals surface area (Å²) in [6.45, 7) is 25.0. The quantitative estimate of drug-likeness (QED) is 0.0600. The minimum atomic E-state index is -0.206. The summed E-state index contributed by atoms with van der Waals surface area (Å²) in [5.74, 6) is 2.91. The molecule has 0 spiro atoms. The number of hydrogen-bond donors (Lipinski definition) is 1. The molecule has 4 fully saturated rings.